The van der Waals surface area contributed by atoms with Crippen molar-refractivity contribution < 1.29 is 9.90 Å². The highest BCUT2D eigenvalue weighted by atomic mass is 32.1. The second kappa shape index (κ2) is 6.43. The fourth-order valence-corrected chi connectivity index (χ4v) is 2.01. The molecule has 92 valence electrons. The summed E-state index contributed by atoms with van der Waals surface area (Å²) < 4.78 is 0. The Balaban J connectivity index is 2.89. The van der Waals surface area contributed by atoms with Gasteiger partial charge in [-0.05, 0) is 25.3 Å². The van der Waals surface area contributed by atoms with Gasteiger partial charge in [0.1, 0.15) is 4.88 Å². The van der Waals surface area contributed by atoms with Crippen LogP contribution in [0.3, 0.4) is 0 Å². The van der Waals surface area contributed by atoms with E-state index in [0.29, 0.717) is 11.3 Å². The van der Waals surface area contributed by atoms with E-state index in [-0.39, 0.29) is 18.6 Å². The first kappa shape index (κ1) is 13.8. The van der Waals surface area contributed by atoms with Crippen LogP contribution in [-0.2, 0) is 0 Å². The van der Waals surface area contributed by atoms with Gasteiger partial charge >= 0.3 is 0 Å². The minimum Gasteiger partial charge on any atom is -0.395 e. The number of hydrogen-bond donors (Lipinski definition) is 1. The fourth-order valence-electron chi connectivity index (χ4n) is 1.18. The Morgan fingerprint density at radius 2 is 2.29 bits per heavy atom. The smallest absolute Gasteiger partial charge is 0.265 e. The van der Waals surface area contributed by atoms with Crippen LogP contribution in [-0.4, -0.2) is 35.6 Å². The molecule has 0 unspecified atom stereocenters. The van der Waals surface area contributed by atoms with E-state index in [4.69, 9.17) is 5.11 Å². The minimum absolute atomic E-state index is 0.00305. The van der Waals surface area contributed by atoms with E-state index in [0.717, 1.165) is 5.56 Å². The normalized spacial score (nSPS) is 9.94. The first-order valence-corrected chi connectivity index (χ1v) is 6.40. The molecule has 0 atom stereocenters. The van der Waals surface area contributed by atoms with Gasteiger partial charge in [0.15, 0.2) is 0 Å². The molecule has 0 radical (unpaired) electrons. The van der Waals surface area contributed by atoms with Gasteiger partial charge in [-0.25, -0.2) is 0 Å². The minimum atomic E-state index is 0.00305. The van der Waals surface area contributed by atoms with Crippen molar-refractivity contribution >= 4 is 17.2 Å². The van der Waals surface area contributed by atoms with Gasteiger partial charge < -0.3 is 10.0 Å². The molecule has 1 heterocycles. The lowest BCUT2D eigenvalue weighted by Crippen LogP contribution is -2.32. The van der Waals surface area contributed by atoms with Gasteiger partial charge in [0, 0.05) is 25.1 Å². The van der Waals surface area contributed by atoms with Crippen LogP contribution in [0.15, 0.2) is 11.4 Å². The molecule has 0 aliphatic carbocycles. The number of aliphatic hydroxyl groups is 1. The Kier molecular flexibility index (Phi) is 5.20. The van der Waals surface area contributed by atoms with Crippen LogP contribution in [0.25, 0.3) is 0 Å². The zero-order valence-corrected chi connectivity index (χ0v) is 11.2. The third-order valence-electron chi connectivity index (χ3n) is 2.41. The lowest BCUT2D eigenvalue weighted by Gasteiger charge is -2.20. The van der Waals surface area contributed by atoms with Gasteiger partial charge in [0.25, 0.3) is 5.91 Å². The van der Waals surface area contributed by atoms with E-state index in [1.54, 1.807) is 11.9 Å². The largest absolute Gasteiger partial charge is 0.395 e. The van der Waals surface area contributed by atoms with E-state index in [9.17, 15) is 4.79 Å². The standard InChI is InChI=1S/C13H17NO2S/c1-10(2)14(3)13(16)12-11(7-9-17-12)6-4-5-8-15/h7,9-10,15H,5,8H2,1-3H3. The molecule has 0 saturated carbocycles. The topological polar surface area (TPSA) is 40.5 Å². The van der Waals surface area contributed by atoms with Crippen molar-refractivity contribution in [1.82, 2.24) is 4.90 Å². The molecule has 1 aromatic heterocycles. The third kappa shape index (κ3) is 3.58. The Bertz CT molecular complexity index is 440. The van der Waals surface area contributed by atoms with E-state index in [2.05, 4.69) is 11.8 Å². The quantitative estimate of drug-likeness (QED) is 0.834. The summed E-state index contributed by atoms with van der Waals surface area (Å²) in [5, 5.41) is 10.5. The van der Waals surface area contributed by atoms with Crippen LogP contribution in [0, 0.1) is 11.8 Å². The predicted molar refractivity (Wildman–Crippen MR) is 70.1 cm³/mol. The highest BCUT2D eigenvalue weighted by Crippen LogP contribution is 2.18. The number of amides is 1. The molecule has 0 aromatic carbocycles. The summed E-state index contributed by atoms with van der Waals surface area (Å²) in [7, 11) is 1.79. The number of hydrogen-bond acceptors (Lipinski definition) is 3. The van der Waals surface area contributed by atoms with Gasteiger partial charge in [-0.15, -0.1) is 11.3 Å². The van der Waals surface area contributed by atoms with E-state index in [1.807, 2.05) is 25.3 Å². The summed E-state index contributed by atoms with van der Waals surface area (Å²) in [4.78, 5) is 14.5. The van der Waals surface area contributed by atoms with Crippen molar-refractivity contribution in [2.75, 3.05) is 13.7 Å². The van der Waals surface area contributed by atoms with Crippen LogP contribution >= 0.6 is 11.3 Å². The number of thiophene rings is 1. The molecule has 0 aliphatic heterocycles. The van der Waals surface area contributed by atoms with E-state index < -0.39 is 0 Å². The molecule has 0 fully saturated rings. The Hall–Kier alpha value is -1.31. The van der Waals surface area contributed by atoms with Crippen molar-refractivity contribution in [2.45, 2.75) is 26.3 Å². The summed E-state index contributed by atoms with van der Waals surface area (Å²) in [6, 6.07) is 2.01. The van der Waals surface area contributed by atoms with Crippen molar-refractivity contribution in [3.8, 4) is 11.8 Å². The zero-order valence-electron chi connectivity index (χ0n) is 10.4. The highest BCUT2D eigenvalue weighted by molar-refractivity contribution is 7.12. The van der Waals surface area contributed by atoms with Crippen molar-refractivity contribution in [3.63, 3.8) is 0 Å². The maximum Gasteiger partial charge on any atom is 0.265 e. The monoisotopic (exact) mass is 251 g/mol. The van der Waals surface area contributed by atoms with Crippen LogP contribution in [0.2, 0.25) is 0 Å². The average molecular weight is 251 g/mol. The van der Waals surface area contributed by atoms with Crippen LogP contribution in [0.1, 0.15) is 35.5 Å². The van der Waals surface area contributed by atoms with Gasteiger partial charge in [-0.2, -0.15) is 0 Å². The van der Waals surface area contributed by atoms with Crippen molar-refractivity contribution in [2.24, 2.45) is 0 Å². The fraction of sp³-hybridized carbons (Fsp3) is 0.462. The first-order valence-electron chi connectivity index (χ1n) is 5.52. The molecule has 17 heavy (non-hydrogen) atoms. The third-order valence-corrected chi connectivity index (χ3v) is 3.32. The second-order valence-corrected chi connectivity index (χ2v) is 4.86. The molecule has 1 N–H and O–H groups in total. The molecule has 0 spiro atoms. The number of nitrogens with zero attached hydrogens (tertiary/aromatic N) is 1. The molecule has 1 aromatic rings. The summed E-state index contributed by atoms with van der Waals surface area (Å²) in [6.07, 6.45) is 0.434. The molecule has 0 saturated heterocycles. The Morgan fingerprint density at radius 3 is 2.88 bits per heavy atom. The molecule has 3 nitrogen and oxygen atoms in total. The number of carbonyl (C=O) groups excluding carboxylic acids is 1. The van der Waals surface area contributed by atoms with Gasteiger partial charge in [-0.1, -0.05) is 11.8 Å². The van der Waals surface area contributed by atoms with Crippen LogP contribution in [0.4, 0.5) is 0 Å². The second-order valence-electron chi connectivity index (χ2n) is 3.95. The molecular weight excluding hydrogens is 234 g/mol. The molecule has 1 rings (SSSR count). The van der Waals surface area contributed by atoms with Crippen LogP contribution in [0.5, 0.6) is 0 Å². The lowest BCUT2D eigenvalue weighted by molar-refractivity contribution is 0.0759. The first-order chi connectivity index (χ1) is 8.07. The zero-order chi connectivity index (χ0) is 12.8. The van der Waals surface area contributed by atoms with Crippen LogP contribution < -0.4 is 0 Å². The average Bonchev–Trinajstić information content (AvgIpc) is 2.75. The maximum atomic E-state index is 12.1. The van der Waals surface area contributed by atoms with E-state index >= 15 is 0 Å². The molecule has 4 heteroatoms. The maximum absolute atomic E-state index is 12.1. The lowest BCUT2D eigenvalue weighted by atomic mass is 10.2. The summed E-state index contributed by atoms with van der Waals surface area (Å²) in [5.74, 6) is 5.76. The van der Waals surface area contributed by atoms with Gasteiger partial charge in [0.05, 0.1) is 6.61 Å². The molecule has 1 amide bonds. The van der Waals surface area contributed by atoms with Gasteiger partial charge in [0.2, 0.25) is 0 Å². The van der Waals surface area contributed by atoms with E-state index in [1.165, 1.54) is 11.3 Å². The summed E-state index contributed by atoms with van der Waals surface area (Å²) in [5.41, 5.74) is 0.751. The highest BCUT2D eigenvalue weighted by Gasteiger charge is 2.18. The predicted octanol–water partition coefficient (Wildman–Crippen LogP) is 1.96. The number of carbonyl (C=O) groups is 1. The van der Waals surface area contributed by atoms with Crippen molar-refractivity contribution in [1.29, 1.82) is 0 Å². The van der Waals surface area contributed by atoms with Gasteiger partial charge in [-0.3, -0.25) is 4.79 Å². The Labute approximate surface area is 106 Å². The Morgan fingerprint density at radius 1 is 1.59 bits per heavy atom. The SMILES string of the molecule is CC(C)N(C)C(=O)c1sccc1C#CCCO. The summed E-state index contributed by atoms with van der Waals surface area (Å²) >= 11 is 1.41. The number of aliphatic hydroxyl groups excluding tert-OH is 1. The molecule has 0 bridgehead atoms. The molecular formula is C13H17NO2S. The van der Waals surface area contributed by atoms with Crippen molar-refractivity contribution in [3.05, 3.63) is 21.9 Å². The molecule has 0 aliphatic rings. The summed E-state index contributed by atoms with van der Waals surface area (Å²) in [6.45, 7) is 4.00. The number of rotatable bonds is 3.